The summed E-state index contributed by atoms with van der Waals surface area (Å²) >= 11 is 0. The summed E-state index contributed by atoms with van der Waals surface area (Å²) in [6, 6.07) is 10.8. The number of methoxy groups -OCH3 is 4. The lowest BCUT2D eigenvalue weighted by atomic mass is 9.95. The smallest absolute Gasteiger partial charge is 0.331 e. The van der Waals surface area contributed by atoms with Crippen LogP contribution in [-0.2, 0) is 9.53 Å². The number of esters is 1. The third kappa shape index (κ3) is 5.67. The normalized spacial score (nSPS) is 10.1. The molecule has 0 aliphatic rings. The van der Waals surface area contributed by atoms with Gasteiger partial charge in [-0.15, -0.1) is 0 Å². The van der Waals surface area contributed by atoms with Crippen LogP contribution in [0, 0.1) is 0 Å². The summed E-state index contributed by atoms with van der Waals surface area (Å²) in [5, 5.41) is 0. The topological polar surface area (TPSA) is 63.2 Å². The molecule has 2 aromatic carbocycles. The first-order valence-corrected chi connectivity index (χ1v) is 9.41. The first-order valence-electron chi connectivity index (χ1n) is 9.41. The lowest BCUT2D eigenvalue weighted by Gasteiger charge is -2.17. The molecule has 0 saturated heterocycles. The maximum atomic E-state index is 12.5. The Morgan fingerprint density at radius 1 is 0.828 bits per heavy atom. The molecule has 0 amide bonds. The van der Waals surface area contributed by atoms with Gasteiger partial charge in [0.2, 0.25) is 0 Å². The molecule has 0 aliphatic heterocycles. The summed E-state index contributed by atoms with van der Waals surface area (Å²) in [7, 11) is 6.32. The van der Waals surface area contributed by atoms with Crippen molar-refractivity contribution in [2.24, 2.45) is 0 Å². The molecule has 0 heterocycles. The Morgan fingerprint density at radius 2 is 1.34 bits per heavy atom. The van der Waals surface area contributed by atoms with Crippen LogP contribution in [0.5, 0.6) is 23.0 Å². The molecule has 0 radical (unpaired) electrons. The molecule has 29 heavy (non-hydrogen) atoms. The van der Waals surface area contributed by atoms with Crippen LogP contribution in [0.4, 0.5) is 0 Å². The predicted octanol–water partition coefficient (Wildman–Crippen LogP) is 4.50. The third-order valence-corrected chi connectivity index (χ3v) is 4.40. The highest BCUT2D eigenvalue weighted by atomic mass is 16.5. The molecule has 156 valence electrons. The average molecular weight is 400 g/mol. The minimum Gasteiger partial charge on any atom is -0.497 e. The molecule has 0 N–H and O–H groups in total. The fourth-order valence-electron chi connectivity index (χ4n) is 2.83. The largest absolute Gasteiger partial charge is 0.497 e. The maximum absolute atomic E-state index is 12.5. The number of benzene rings is 2. The summed E-state index contributed by atoms with van der Waals surface area (Å²) < 4.78 is 27.2. The molecular formula is C23H28O6. The minimum absolute atomic E-state index is 0.365. The second kappa shape index (κ2) is 11.0. The summed E-state index contributed by atoms with van der Waals surface area (Å²) in [6.45, 7) is 2.40. The van der Waals surface area contributed by atoms with Crippen molar-refractivity contribution in [2.45, 2.75) is 19.8 Å². The molecule has 6 heteroatoms. The molecule has 6 nitrogen and oxygen atoms in total. The Bertz CT molecular complexity index is 799. The Hall–Kier alpha value is -3.15. The van der Waals surface area contributed by atoms with Crippen molar-refractivity contribution in [2.75, 3.05) is 35.0 Å². The van der Waals surface area contributed by atoms with E-state index in [0.29, 0.717) is 46.3 Å². The molecule has 0 bridgehead atoms. The van der Waals surface area contributed by atoms with E-state index in [1.54, 1.807) is 52.7 Å². The highest BCUT2D eigenvalue weighted by Gasteiger charge is 2.19. The first kappa shape index (κ1) is 22.1. The number of ether oxygens (including phenoxy) is 5. The molecule has 0 aromatic heterocycles. The van der Waals surface area contributed by atoms with Gasteiger partial charge in [-0.25, -0.2) is 4.79 Å². The van der Waals surface area contributed by atoms with Gasteiger partial charge in [-0.2, -0.15) is 0 Å². The Morgan fingerprint density at radius 3 is 1.76 bits per heavy atom. The van der Waals surface area contributed by atoms with Gasteiger partial charge in [0.05, 0.1) is 35.0 Å². The zero-order valence-corrected chi connectivity index (χ0v) is 17.6. The van der Waals surface area contributed by atoms with E-state index in [2.05, 4.69) is 0 Å². The van der Waals surface area contributed by atoms with Crippen molar-refractivity contribution in [3.8, 4) is 23.0 Å². The lowest BCUT2D eigenvalue weighted by Crippen LogP contribution is -2.05. The van der Waals surface area contributed by atoms with E-state index in [-0.39, 0.29) is 0 Å². The van der Waals surface area contributed by atoms with Gasteiger partial charge in [0, 0.05) is 22.8 Å². The molecule has 2 aromatic rings. The van der Waals surface area contributed by atoms with Gasteiger partial charge in [0.25, 0.3) is 0 Å². The summed E-state index contributed by atoms with van der Waals surface area (Å²) in [5.74, 6) is 2.00. The van der Waals surface area contributed by atoms with Gasteiger partial charge in [-0.3, -0.25) is 0 Å². The molecule has 2 rings (SSSR count). The van der Waals surface area contributed by atoms with E-state index in [9.17, 15) is 4.79 Å². The highest BCUT2D eigenvalue weighted by Crippen LogP contribution is 2.39. The number of rotatable bonds is 10. The summed E-state index contributed by atoms with van der Waals surface area (Å²) in [5.41, 5.74) is 1.93. The third-order valence-electron chi connectivity index (χ3n) is 4.40. The van der Waals surface area contributed by atoms with Crippen molar-refractivity contribution in [3.05, 3.63) is 53.6 Å². The van der Waals surface area contributed by atoms with Crippen molar-refractivity contribution < 1.29 is 28.5 Å². The average Bonchev–Trinajstić information content (AvgIpc) is 2.76. The van der Waals surface area contributed by atoms with E-state index in [1.807, 2.05) is 19.1 Å². The van der Waals surface area contributed by atoms with Crippen molar-refractivity contribution in [1.82, 2.24) is 0 Å². The minimum atomic E-state index is -0.441. The molecule has 0 saturated carbocycles. The van der Waals surface area contributed by atoms with Gasteiger partial charge < -0.3 is 23.7 Å². The fourth-order valence-corrected chi connectivity index (χ4v) is 2.83. The van der Waals surface area contributed by atoms with E-state index < -0.39 is 5.97 Å². The summed E-state index contributed by atoms with van der Waals surface area (Å²) in [6.07, 6.45) is 3.20. The van der Waals surface area contributed by atoms with Crippen LogP contribution in [0.25, 0.3) is 5.57 Å². The van der Waals surface area contributed by atoms with E-state index in [0.717, 1.165) is 12.8 Å². The quantitative estimate of drug-likeness (QED) is 0.333. The van der Waals surface area contributed by atoms with Crippen LogP contribution in [0.3, 0.4) is 0 Å². The van der Waals surface area contributed by atoms with Crippen molar-refractivity contribution in [3.63, 3.8) is 0 Å². The Balaban J connectivity index is 2.66. The molecule has 0 unspecified atom stereocenters. The highest BCUT2D eigenvalue weighted by molar-refractivity contribution is 5.98. The van der Waals surface area contributed by atoms with Gasteiger partial charge >= 0.3 is 5.97 Å². The zero-order chi connectivity index (χ0) is 21.2. The number of hydrogen-bond donors (Lipinski definition) is 0. The van der Waals surface area contributed by atoms with Crippen LogP contribution in [0.15, 0.2) is 42.5 Å². The molecular weight excluding hydrogens is 372 g/mol. The second-order valence-corrected chi connectivity index (χ2v) is 6.21. The monoisotopic (exact) mass is 400 g/mol. The maximum Gasteiger partial charge on any atom is 0.331 e. The first-order chi connectivity index (χ1) is 14.1. The fraction of sp³-hybridized carbons (Fsp3) is 0.348. The lowest BCUT2D eigenvalue weighted by molar-refractivity contribution is -0.137. The summed E-state index contributed by atoms with van der Waals surface area (Å²) in [4.78, 5) is 12.5. The predicted molar refractivity (Wildman–Crippen MR) is 112 cm³/mol. The number of carbonyl (C=O) groups excluding carboxylic acids is 1. The van der Waals surface area contributed by atoms with E-state index in [4.69, 9.17) is 23.7 Å². The van der Waals surface area contributed by atoms with E-state index >= 15 is 0 Å². The van der Waals surface area contributed by atoms with E-state index in [1.165, 1.54) is 6.08 Å². The SMILES string of the molecule is CCCCOC(=O)C=C(c1cc(OC)ccc1OC)c1cc(OC)ccc1OC. The van der Waals surface area contributed by atoms with Crippen LogP contribution in [0.1, 0.15) is 30.9 Å². The molecule has 0 fully saturated rings. The van der Waals surface area contributed by atoms with Gasteiger partial charge in [0.15, 0.2) is 0 Å². The van der Waals surface area contributed by atoms with Crippen molar-refractivity contribution in [1.29, 1.82) is 0 Å². The second-order valence-electron chi connectivity index (χ2n) is 6.21. The number of carbonyl (C=O) groups is 1. The number of hydrogen-bond acceptors (Lipinski definition) is 6. The zero-order valence-electron chi connectivity index (χ0n) is 17.6. The van der Waals surface area contributed by atoms with Gasteiger partial charge in [-0.1, -0.05) is 13.3 Å². The van der Waals surface area contributed by atoms with Crippen LogP contribution < -0.4 is 18.9 Å². The number of unbranched alkanes of at least 4 members (excludes halogenated alkanes) is 1. The van der Waals surface area contributed by atoms with Gasteiger partial charge in [-0.05, 0) is 42.8 Å². The molecule has 0 spiro atoms. The Kier molecular flexibility index (Phi) is 8.40. The Labute approximate surface area is 172 Å². The van der Waals surface area contributed by atoms with Crippen LogP contribution >= 0.6 is 0 Å². The standard InChI is InChI=1S/C23H28O6/c1-6-7-12-29-23(24)15-18(19-13-16(25-2)8-10-21(19)27-4)20-14-17(26-3)9-11-22(20)28-5/h8-11,13-15H,6-7,12H2,1-5H3. The van der Waals surface area contributed by atoms with Crippen LogP contribution in [0.2, 0.25) is 0 Å². The molecule has 0 aliphatic carbocycles. The van der Waals surface area contributed by atoms with Gasteiger partial charge in [0.1, 0.15) is 23.0 Å². The molecule has 0 atom stereocenters. The van der Waals surface area contributed by atoms with Crippen LogP contribution in [-0.4, -0.2) is 41.0 Å². The van der Waals surface area contributed by atoms with Crippen molar-refractivity contribution >= 4 is 11.5 Å².